The van der Waals surface area contributed by atoms with Crippen LogP contribution in [0.15, 0.2) is 24.3 Å². The van der Waals surface area contributed by atoms with E-state index in [1.165, 1.54) is 32.1 Å². The lowest BCUT2D eigenvalue weighted by Gasteiger charge is -2.26. The summed E-state index contributed by atoms with van der Waals surface area (Å²) >= 11 is 0. The van der Waals surface area contributed by atoms with Gasteiger partial charge in [-0.15, -0.1) is 0 Å². The van der Waals surface area contributed by atoms with Crippen molar-refractivity contribution in [2.24, 2.45) is 0 Å². The Morgan fingerprint density at radius 3 is 2.39 bits per heavy atom. The third-order valence-corrected chi connectivity index (χ3v) is 3.69. The van der Waals surface area contributed by atoms with Gasteiger partial charge in [0.2, 0.25) is 0 Å². The van der Waals surface area contributed by atoms with Crippen molar-refractivity contribution in [2.45, 2.75) is 51.1 Å². The zero-order chi connectivity index (χ0) is 13.0. The highest BCUT2D eigenvalue weighted by atomic mass is 16.6. The third kappa shape index (κ3) is 3.29. The minimum atomic E-state index is -0.358. The van der Waals surface area contributed by atoms with Crippen LogP contribution >= 0.6 is 0 Å². The van der Waals surface area contributed by atoms with E-state index in [9.17, 15) is 10.1 Å². The topological polar surface area (TPSA) is 55.2 Å². The normalized spacial score (nSPS) is 18.5. The van der Waals surface area contributed by atoms with Gasteiger partial charge in [0.15, 0.2) is 0 Å². The molecule has 1 aliphatic carbocycles. The Bertz CT molecular complexity index is 397. The Kier molecular flexibility index (Phi) is 4.31. The van der Waals surface area contributed by atoms with E-state index in [1.807, 2.05) is 12.1 Å². The van der Waals surface area contributed by atoms with Gasteiger partial charge in [0.25, 0.3) is 5.69 Å². The van der Waals surface area contributed by atoms with Crippen LogP contribution in [0.2, 0.25) is 0 Å². The standard InChI is InChI=1S/C14H20N2O2/c1-11(15-13-5-3-2-4-6-13)12-7-9-14(10-8-12)16(17)18/h7-11,13,15H,2-6H2,1H3/t11-/m1/s1. The molecule has 18 heavy (non-hydrogen) atoms. The van der Waals surface area contributed by atoms with Crippen molar-refractivity contribution in [3.63, 3.8) is 0 Å². The van der Waals surface area contributed by atoms with Crippen LogP contribution in [0.1, 0.15) is 50.6 Å². The van der Waals surface area contributed by atoms with E-state index in [0.29, 0.717) is 6.04 Å². The number of nitrogens with one attached hydrogen (secondary N) is 1. The molecule has 0 heterocycles. The van der Waals surface area contributed by atoms with Gasteiger partial charge in [-0.3, -0.25) is 10.1 Å². The van der Waals surface area contributed by atoms with E-state index in [-0.39, 0.29) is 16.7 Å². The molecular formula is C14H20N2O2. The third-order valence-electron chi connectivity index (χ3n) is 3.69. The van der Waals surface area contributed by atoms with Crippen molar-refractivity contribution in [3.8, 4) is 0 Å². The van der Waals surface area contributed by atoms with Gasteiger partial charge in [-0.2, -0.15) is 0 Å². The average Bonchev–Trinajstić information content (AvgIpc) is 2.40. The molecule has 1 aromatic carbocycles. The van der Waals surface area contributed by atoms with Crippen LogP contribution in [0.3, 0.4) is 0 Å². The van der Waals surface area contributed by atoms with E-state index in [4.69, 9.17) is 0 Å². The Morgan fingerprint density at radius 2 is 1.83 bits per heavy atom. The Labute approximate surface area is 108 Å². The van der Waals surface area contributed by atoms with Crippen molar-refractivity contribution >= 4 is 5.69 Å². The summed E-state index contributed by atoms with van der Waals surface area (Å²) in [5.41, 5.74) is 1.27. The molecule has 1 aliphatic rings. The fourth-order valence-electron chi connectivity index (χ4n) is 2.60. The Hall–Kier alpha value is -1.42. The van der Waals surface area contributed by atoms with Crippen LogP contribution in [0.5, 0.6) is 0 Å². The molecule has 0 aromatic heterocycles. The summed E-state index contributed by atoms with van der Waals surface area (Å²) in [4.78, 5) is 10.2. The molecule has 1 saturated carbocycles. The maximum absolute atomic E-state index is 10.6. The van der Waals surface area contributed by atoms with Crippen molar-refractivity contribution in [2.75, 3.05) is 0 Å². The first-order chi connectivity index (χ1) is 8.66. The largest absolute Gasteiger partial charge is 0.307 e. The highest BCUT2D eigenvalue weighted by Crippen LogP contribution is 2.22. The summed E-state index contributed by atoms with van der Waals surface area (Å²) in [7, 11) is 0. The summed E-state index contributed by atoms with van der Waals surface area (Å²) in [5.74, 6) is 0. The van der Waals surface area contributed by atoms with E-state index >= 15 is 0 Å². The number of benzene rings is 1. The molecule has 0 bridgehead atoms. The Balaban J connectivity index is 1.95. The molecule has 0 unspecified atom stereocenters. The smallest absolute Gasteiger partial charge is 0.269 e. The quantitative estimate of drug-likeness (QED) is 0.654. The fraction of sp³-hybridized carbons (Fsp3) is 0.571. The number of nitro benzene ring substituents is 1. The molecule has 2 rings (SSSR count). The molecule has 4 nitrogen and oxygen atoms in total. The molecule has 1 fully saturated rings. The van der Waals surface area contributed by atoms with Gasteiger partial charge in [-0.05, 0) is 25.3 Å². The molecule has 0 spiro atoms. The maximum atomic E-state index is 10.6. The van der Waals surface area contributed by atoms with Crippen LogP contribution in [-0.4, -0.2) is 11.0 Å². The molecule has 1 N–H and O–H groups in total. The van der Waals surface area contributed by atoms with Gasteiger partial charge in [-0.1, -0.05) is 31.4 Å². The number of rotatable bonds is 4. The van der Waals surface area contributed by atoms with Crippen molar-refractivity contribution < 1.29 is 4.92 Å². The number of nitro groups is 1. The van der Waals surface area contributed by atoms with Crippen LogP contribution in [0, 0.1) is 10.1 Å². The predicted octanol–water partition coefficient (Wildman–Crippen LogP) is 3.58. The Morgan fingerprint density at radius 1 is 1.22 bits per heavy atom. The van der Waals surface area contributed by atoms with Crippen molar-refractivity contribution in [1.29, 1.82) is 0 Å². The summed E-state index contributed by atoms with van der Waals surface area (Å²) in [6, 6.07) is 7.71. The SMILES string of the molecule is C[C@@H](NC1CCCCC1)c1ccc([N+](=O)[O-])cc1. The van der Waals surface area contributed by atoms with Gasteiger partial charge in [0, 0.05) is 24.2 Å². The second kappa shape index (κ2) is 5.96. The molecule has 0 radical (unpaired) electrons. The zero-order valence-corrected chi connectivity index (χ0v) is 10.8. The lowest BCUT2D eigenvalue weighted by molar-refractivity contribution is -0.384. The number of non-ortho nitro benzene ring substituents is 1. The zero-order valence-electron chi connectivity index (χ0n) is 10.8. The molecule has 1 atom stereocenters. The maximum Gasteiger partial charge on any atom is 0.269 e. The van der Waals surface area contributed by atoms with Gasteiger partial charge in [-0.25, -0.2) is 0 Å². The van der Waals surface area contributed by atoms with Crippen LogP contribution < -0.4 is 5.32 Å². The lowest BCUT2D eigenvalue weighted by Crippen LogP contribution is -2.33. The van der Waals surface area contributed by atoms with Crippen molar-refractivity contribution in [1.82, 2.24) is 5.32 Å². The fourth-order valence-corrected chi connectivity index (χ4v) is 2.60. The van der Waals surface area contributed by atoms with Crippen LogP contribution in [0.25, 0.3) is 0 Å². The first-order valence-corrected chi connectivity index (χ1v) is 6.67. The molecular weight excluding hydrogens is 228 g/mol. The highest BCUT2D eigenvalue weighted by molar-refractivity contribution is 5.34. The monoisotopic (exact) mass is 248 g/mol. The van der Waals surface area contributed by atoms with Gasteiger partial charge in [0.05, 0.1) is 4.92 Å². The van der Waals surface area contributed by atoms with Gasteiger partial charge in [0.1, 0.15) is 0 Å². The molecule has 1 aromatic rings. The lowest BCUT2D eigenvalue weighted by atomic mass is 9.94. The van der Waals surface area contributed by atoms with E-state index in [2.05, 4.69) is 12.2 Å². The summed E-state index contributed by atoms with van der Waals surface area (Å²) in [6.45, 7) is 2.12. The number of hydrogen-bond acceptors (Lipinski definition) is 3. The minimum absolute atomic E-state index is 0.156. The second-order valence-corrected chi connectivity index (χ2v) is 5.07. The van der Waals surface area contributed by atoms with Crippen LogP contribution in [-0.2, 0) is 0 Å². The number of nitrogens with zero attached hydrogens (tertiary/aromatic N) is 1. The van der Waals surface area contributed by atoms with Crippen molar-refractivity contribution in [3.05, 3.63) is 39.9 Å². The molecule has 98 valence electrons. The predicted molar refractivity (Wildman–Crippen MR) is 71.5 cm³/mol. The van der Waals surface area contributed by atoms with E-state index in [0.717, 1.165) is 5.56 Å². The first-order valence-electron chi connectivity index (χ1n) is 6.67. The first kappa shape index (κ1) is 13.0. The molecule has 0 saturated heterocycles. The van der Waals surface area contributed by atoms with Gasteiger partial charge >= 0.3 is 0 Å². The summed E-state index contributed by atoms with van der Waals surface area (Å²) in [5, 5.41) is 14.2. The molecule has 4 heteroatoms. The highest BCUT2D eigenvalue weighted by Gasteiger charge is 2.16. The summed E-state index contributed by atoms with van der Waals surface area (Å²) < 4.78 is 0. The summed E-state index contributed by atoms with van der Waals surface area (Å²) in [6.07, 6.45) is 6.47. The number of hydrogen-bond donors (Lipinski definition) is 1. The van der Waals surface area contributed by atoms with E-state index < -0.39 is 0 Å². The molecule has 0 aliphatic heterocycles. The molecule has 0 amide bonds. The minimum Gasteiger partial charge on any atom is -0.307 e. The second-order valence-electron chi connectivity index (χ2n) is 5.07. The van der Waals surface area contributed by atoms with E-state index in [1.54, 1.807) is 12.1 Å². The van der Waals surface area contributed by atoms with Crippen LogP contribution in [0.4, 0.5) is 5.69 Å². The average molecular weight is 248 g/mol. The van der Waals surface area contributed by atoms with Gasteiger partial charge < -0.3 is 5.32 Å².